The molecule has 0 radical (unpaired) electrons. The predicted octanol–water partition coefficient (Wildman–Crippen LogP) is -7.17. The molecule has 21 heteroatoms. The van der Waals surface area contributed by atoms with Gasteiger partial charge >= 0.3 is 88.7 Å². The first kappa shape index (κ1) is 38.8. The molecule has 0 saturated carbocycles. The van der Waals surface area contributed by atoms with Crippen molar-refractivity contribution in [2.75, 3.05) is 16.0 Å². The molecule has 0 amide bonds. The van der Waals surface area contributed by atoms with Crippen molar-refractivity contribution in [3.05, 3.63) is 72.8 Å². The molecule has 0 atom stereocenters. The van der Waals surface area contributed by atoms with Gasteiger partial charge in [-0.2, -0.15) is 15.0 Å². The minimum absolute atomic E-state index is 0. The van der Waals surface area contributed by atoms with Gasteiger partial charge in [-0.3, -0.25) is 0 Å². The third kappa shape index (κ3) is 11.1. The summed E-state index contributed by atoms with van der Waals surface area (Å²) in [5.74, 6) is -0.595. The minimum Gasteiger partial charge on any atom is -0.744 e. The molecule has 4 rings (SSSR count). The molecule has 3 aromatic carbocycles. The van der Waals surface area contributed by atoms with E-state index in [4.69, 9.17) is 0 Å². The van der Waals surface area contributed by atoms with Crippen molar-refractivity contribution in [1.82, 2.24) is 15.0 Å². The number of hydrogen-bond donors (Lipinski definition) is 3. The molecule has 0 aliphatic heterocycles. The molecule has 0 fully saturated rings. The summed E-state index contributed by atoms with van der Waals surface area (Å²) in [5, 5.41) is 8.11. The van der Waals surface area contributed by atoms with Crippen LogP contribution in [0.2, 0.25) is 0 Å². The fourth-order valence-electron chi connectivity index (χ4n) is 3.12. The van der Waals surface area contributed by atoms with Gasteiger partial charge in [-0.05, 0) is 54.6 Å². The summed E-state index contributed by atoms with van der Waals surface area (Å²) in [5.41, 5.74) is 0.316. The average molecular weight is 661 g/mol. The van der Waals surface area contributed by atoms with E-state index in [2.05, 4.69) is 30.9 Å². The Kier molecular flexibility index (Phi) is 14.5. The Balaban J connectivity index is 0.00000294. The van der Waals surface area contributed by atoms with Gasteiger partial charge in [-0.25, -0.2) is 25.3 Å². The first-order chi connectivity index (χ1) is 18.2. The molecule has 3 N–H and O–H groups in total. The summed E-state index contributed by atoms with van der Waals surface area (Å²) in [6.45, 7) is 0. The van der Waals surface area contributed by atoms with Crippen LogP contribution >= 0.6 is 0 Å². The van der Waals surface area contributed by atoms with Crippen molar-refractivity contribution < 1.29 is 128 Å². The topological polar surface area (TPSA) is 246 Å². The van der Waals surface area contributed by atoms with Crippen LogP contribution in [-0.2, 0) is 30.4 Å². The second-order valence-electron chi connectivity index (χ2n) is 7.63. The summed E-state index contributed by atoms with van der Waals surface area (Å²) in [4.78, 5) is 10.8. The average Bonchev–Trinajstić information content (AvgIpc) is 2.83. The number of aromatic nitrogens is 3. The van der Waals surface area contributed by atoms with Crippen LogP contribution in [0.25, 0.3) is 0 Å². The maximum absolute atomic E-state index is 11.4. The Morgan fingerprint density at radius 3 is 0.905 bits per heavy atom. The van der Waals surface area contributed by atoms with Crippen LogP contribution in [0.5, 0.6) is 0 Å². The zero-order valence-corrected chi connectivity index (χ0v) is 30.6. The number of nitrogens with zero attached hydrogens (tertiary/aromatic N) is 3. The third-order valence-corrected chi connectivity index (χ3v) is 7.27. The van der Waals surface area contributed by atoms with E-state index in [0.29, 0.717) is 0 Å². The zero-order valence-electron chi connectivity index (χ0n) is 22.2. The molecule has 1 aromatic heterocycles. The smallest absolute Gasteiger partial charge is 0.744 e. The summed E-state index contributed by atoms with van der Waals surface area (Å²) in [6.07, 6.45) is 0. The third-order valence-electron chi connectivity index (χ3n) is 4.77. The van der Waals surface area contributed by atoms with E-state index in [9.17, 15) is 38.9 Å². The zero-order chi connectivity index (χ0) is 28.4. The Bertz CT molecular complexity index is 1670. The number of nitrogens with one attached hydrogen (secondary N) is 3. The summed E-state index contributed by atoms with van der Waals surface area (Å²) in [6, 6.07) is 14.6. The number of anilines is 6. The Hall–Kier alpha value is -1.20. The van der Waals surface area contributed by atoms with E-state index < -0.39 is 45.0 Å². The van der Waals surface area contributed by atoms with E-state index in [-0.39, 0.29) is 124 Å². The predicted molar refractivity (Wildman–Crippen MR) is 133 cm³/mol. The van der Waals surface area contributed by atoms with Crippen molar-refractivity contribution >= 4 is 65.3 Å². The van der Waals surface area contributed by atoms with E-state index >= 15 is 0 Å². The standard InChI is InChI=1S/C21H18N6O9S3.3Na/c28-37(29,30)16-7-1-4-13(10-16)22-19-25-20(23-14-5-2-8-17(11-14)38(31,32)33)27-21(26-19)24-15-6-3-9-18(12-15)39(34,35)36;;;/h1-12H,(H,28,29,30)(H,31,32,33)(H,34,35,36)(H3,22,23,24,25,26,27);;;/q;3*+1/p-3. The van der Waals surface area contributed by atoms with Crippen LogP contribution in [0, 0.1) is 0 Å². The monoisotopic (exact) mass is 660 g/mol. The Morgan fingerprint density at radius 2 is 0.690 bits per heavy atom. The second kappa shape index (κ2) is 15.7. The van der Waals surface area contributed by atoms with Gasteiger partial charge in [0.05, 0.1) is 14.7 Å². The SMILES string of the molecule is O=S(=O)([O-])c1cccc(Nc2nc(Nc3cccc(S(=O)(=O)[O-])c3)nc(Nc3cccc(S(=O)(=O)[O-])c3)n2)c1.[Na+].[Na+].[Na+]. The molecule has 15 nitrogen and oxygen atoms in total. The first-order valence-corrected chi connectivity index (χ1v) is 14.6. The molecule has 0 bridgehead atoms. The fraction of sp³-hybridized carbons (Fsp3) is 0. The maximum atomic E-state index is 11.4. The molecule has 1 heterocycles. The van der Waals surface area contributed by atoms with E-state index in [0.717, 1.165) is 36.4 Å². The molecular formula is C21H15N6Na3O9S3. The van der Waals surface area contributed by atoms with Gasteiger partial charge in [0.1, 0.15) is 30.4 Å². The molecule has 0 unspecified atom stereocenters. The normalized spacial score (nSPS) is 11.2. The van der Waals surface area contributed by atoms with Crippen LogP contribution in [0.15, 0.2) is 87.5 Å². The largest absolute Gasteiger partial charge is 1.00 e. The van der Waals surface area contributed by atoms with Gasteiger partial charge in [0.2, 0.25) is 17.8 Å². The first-order valence-electron chi connectivity index (χ1n) is 10.4. The molecule has 0 saturated heterocycles. The van der Waals surface area contributed by atoms with Crippen LogP contribution in [-0.4, -0.2) is 53.9 Å². The van der Waals surface area contributed by atoms with Gasteiger partial charge in [-0.15, -0.1) is 0 Å². The van der Waals surface area contributed by atoms with Crippen LogP contribution < -0.4 is 105 Å². The van der Waals surface area contributed by atoms with Gasteiger partial charge in [0, 0.05) is 17.1 Å². The van der Waals surface area contributed by atoms with Crippen molar-refractivity contribution in [2.45, 2.75) is 14.7 Å². The minimum atomic E-state index is -4.76. The second-order valence-corrected chi connectivity index (χ2v) is 11.8. The van der Waals surface area contributed by atoms with Crippen LogP contribution in [0.3, 0.4) is 0 Å². The molecule has 204 valence electrons. The van der Waals surface area contributed by atoms with Crippen molar-refractivity contribution in [1.29, 1.82) is 0 Å². The van der Waals surface area contributed by atoms with E-state index in [1.807, 2.05) is 0 Å². The van der Waals surface area contributed by atoms with Crippen LogP contribution in [0.1, 0.15) is 0 Å². The Labute approximate surface area is 307 Å². The maximum Gasteiger partial charge on any atom is 1.00 e. The Morgan fingerprint density at radius 1 is 0.452 bits per heavy atom. The van der Waals surface area contributed by atoms with Crippen molar-refractivity contribution in [3.8, 4) is 0 Å². The van der Waals surface area contributed by atoms with E-state index in [1.165, 1.54) is 36.4 Å². The summed E-state index contributed by atoms with van der Waals surface area (Å²) >= 11 is 0. The van der Waals surface area contributed by atoms with Gasteiger partial charge < -0.3 is 29.6 Å². The van der Waals surface area contributed by atoms with Crippen molar-refractivity contribution in [2.24, 2.45) is 0 Å². The van der Waals surface area contributed by atoms with E-state index in [1.54, 1.807) is 0 Å². The van der Waals surface area contributed by atoms with Crippen molar-refractivity contribution in [3.63, 3.8) is 0 Å². The molecule has 0 spiro atoms. The number of rotatable bonds is 9. The van der Waals surface area contributed by atoms with Gasteiger partial charge in [0.25, 0.3) is 0 Å². The van der Waals surface area contributed by atoms with Gasteiger partial charge in [0.15, 0.2) is 0 Å². The fourth-order valence-corrected chi connectivity index (χ4v) is 4.67. The summed E-state index contributed by atoms with van der Waals surface area (Å²) in [7, 11) is -14.3. The number of hydrogen-bond acceptors (Lipinski definition) is 15. The molecule has 0 aliphatic carbocycles. The summed E-state index contributed by atoms with van der Waals surface area (Å²) < 4.78 is 102. The molecule has 42 heavy (non-hydrogen) atoms. The molecular weight excluding hydrogens is 645 g/mol. The molecule has 0 aliphatic rings. The van der Waals surface area contributed by atoms with Gasteiger partial charge in [-0.1, -0.05) is 18.2 Å². The number of benzene rings is 3. The quantitative estimate of drug-likeness (QED) is 0.111. The molecule has 4 aromatic rings. The van der Waals surface area contributed by atoms with Crippen LogP contribution in [0.4, 0.5) is 34.9 Å².